The van der Waals surface area contributed by atoms with Crippen molar-refractivity contribution in [2.24, 2.45) is 42.6 Å². The third kappa shape index (κ3) is 1.72. The molecule has 6 rings (SSSR count). The highest BCUT2D eigenvalue weighted by atomic mass is 79.9. The van der Waals surface area contributed by atoms with E-state index in [0.717, 1.165) is 11.4 Å². The van der Waals surface area contributed by atoms with Gasteiger partial charge in [-0.2, -0.15) is 10.1 Å². The van der Waals surface area contributed by atoms with Gasteiger partial charge in [-0.1, -0.05) is 12.2 Å². The quantitative estimate of drug-likeness (QED) is 0.599. The number of carbonyl (C=O) groups excluding carboxylic acids is 3. The lowest BCUT2D eigenvalue weighted by Gasteiger charge is -2.37. The van der Waals surface area contributed by atoms with Crippen molar-refractivity contribution in [2.75, 3.05) is 0 Å². The Morgan fingerprint density at radius 1 is 1.21 bits per heavy atom. The van der Waals surface area contributed by atoms with E-state index in [-0.39, 0.29) is 41.2 Å². The normalized spacial score (nSPS) is 38.3. The van der Waals surface area contributed by atoms with Gasteiger partial charge >= 0.3 is 0 Å². The molecule has 0 aromatic carbocycles. The second kappa shape index (κ2) is 4.56. The molecule has 1 aliphatic heterocycles. The molecule has 2 saturated carbocycles. The van der Waals surface area contributed by atoms with Crippen molar-refractivity contribution < 1.29 is 14.4 Å². The molecule has 4 aliphatic carbocycles. The second-order valence-corrected chi connectivity index (χ2v) is 7.96. The van der Waals surface area contributed by atoms with Gasteiger partial charge in [-0.3, -0.25) is 24.5 Å². The van der Waals surface area contributed by atoms with E-state index in [2.05, 4.69) is 38.6 Å². The molecule has 1 aromatic heterocycles. The van der Waals surface area contributed by atoms with E-state index < -0.39 is 5.91 Å². The van der Waals surface area contributed by atoms with Crippen molar-refractivity contribution in [2.45, 2.75) is 6.42 Å². The molecule has 1 saturated heterocycles. The van der Waals surface area contributed by atoms with Crippen LogP contribution < -0.4 is 5.43 Å². The molecule has 0 unspecified atom stereocenters. The number of hydrogen-bond donors (Lipinski definition) is 1. The van der Waals surface area contributed by atoms with Crippen LogP contribution in [-0.4, -0.2) is 32.5 Å². The number of nitrogens with one attached hydrogen (secondary N) is 1. The van der Waals surface area contributed by atoms with Gasteiger partial charge in [0.05, 0.1) is 16.3 Å². The third-order valence-corrected chi connectivity index (χ3v) is 6.46. The van der Waals surface area contributed by atoms with E-state index in [0.29, 0.717) is 16.3 Å². The Kier molecular flexibility index (Phi) is 2.73. The molecule has 0 radical (unpaired) electrons. The van der Waals surface area contributed by atoms with Crippen LogP contribution in [0, 0.1) is 35.5 Å². The fourth-order valence-electron chi connectivity index (χ4n) is 4.84. The van der Waals surface area contributed by atoms with E-state index in [1.54, 1.807) is 13.2 Å². The summed E-state index contributed by atoms with van der Waals surface area (Å²) in [5.74, 6) is -0.391. The van der Waals surface area contributed by atoms with Crippen LogP contribution in [0.2, 0.25) is 0 Å². The SMILES string of the molecule is Cn1cc(Br)c(C(=O)NN2C(=O)[C@H]3[C@@H]4C=C[C@@H]([C@H]5C[C@H]45)[C@@H]3C2=O)n1. The number of carbonyl (C=O) groups is 3. The molecule has 6 atom stereocenters. The van der Waals surface area contributed by atoms with Crippen LogP contribution in [0.4, 0.5) is 0 Å². The molecule has 5 aliphatic rings. The van der Waals surface area contributed by atoms with E-state index in [1.807, 2.05) is 0 Å². The predicted molar refractivity (Wildman–Crippen MR) is 84.9 cm³/mol. The lowest BCUT2D eigenvalue weighted by atomic mass is 9.63. The first-order valence-electron chi connectivity index (χ1n) is 8.03. The highest BCUT2D eigenvalue weighted by Crippen LogP contribution is 2.65. The molecule has 0 spiro atoms. The summed E-state index contributed by atoms with van der Waals surface area (Å²) in [4.78, 5) is 38.0. The number of allylic oxidation sites excluding steroid dienone is 2. The number of nitrogens with zero attached hydrogens (tertiary/aromatic N) is 3. The number of imide groups is 1. The van der Waals surface area contributed by atoms with E-state index in [1.165, 1.54) is 4.68 Å². The minimum Gasteiger partial charge on any atom is -0.274 e. The minimum atomic E-state index is -0.562. The van der Waals surface area contributed by atoms with Gasteiger partial charge in [0.1, 0.15) is 0 Å². The molecular weight excluding hydrogens is 376 g/mol. The highest BCUT2D eigenvalue weighted by Gasteiger charge is 2.67. The summed E-state index contributed by atoms with van der Waals surface area (Å²) in [5.41, 5.74) is 2.62. The molecule has 2 bridgehead atoms. The van der Waals surface area contributed by atoms with Crippen molar-refractivity contribution in [3.05, 3.63) is 28.5 Å². The molecule has 3 amide bonds. The van der Waals surface area contributed by atoms with Crippen LogP contribution in [0.5, 0.6) is 0 Å². The molecule has 1 N–H and O–H groups in total. The Hall–Kier alpha value is -1.96. The van der Waals surface area contributed by atoms with Gasteiger partial charge in [0.25, 0.3) is 17.7 Å². The van der Waals surface area contributed by atoms with Gasteiger partial charge in [-0.15, -0.1) is 0 Å². The first-order valence-corrected chi connectivity index (χ1v) is 8.83. The first-order chi connectivity index (χ1) is 11.5. The molecular formula is C16H15BrN4O3. The molecule has 124 valence electrons. The number of aryl methyl sites for hydroxylation is 1. The third-order valence-electron chi connectivity index (χ3n) is 5.88. The fraction of sp³-hybridized carbons (Fsp3) is 0.500. The Labute approximate surface area is 146 Å². The number of halogens is 1. The summed E-state index contributed by atoms with van der Waals surface area (Å²) in [7, 11) is 1.69. The van der Waals surface area contributed by atoms with Gasteiger partial charge in [0.15, 0.2) is 5.69 Å². The summed E-state index contributed by atoms with van der Waals surface area (Å²) in [6.07, 6.45) is 6.96. The zero-order valence-electron chi connectivity index (χ0n) is 12.8. The van der Waals surface area contributed by atoms with Crippen LogP contribution in [-0.2, 0) is 16.6 Å². The lowest BCUT2D eigenvalue weighted by Crippen LogP contribution is -2.47. The predicted octanol–water partition coefficient (Wildman–Crippen LogP) is 0.881. The van der Waals surface area contributed by atoms with Crippen LogP contribution in [0.3, 0.4) is 0 Å². The summed E-state index contributed by atoms with van der Waals surface area (Å²) < 4.78 is 2.01. The standard InChI is InChI=1S/C16H15BrN4O3/c1-20-5-10(17)13(18-20)14(22)19-21-15(23)11-6-2-3-7(9-4-8(6)9)12(11)16(21)24/h2-3,5-9,11-12H,4H2,1H3,(H,19,22)/t6-,7+,8-,9-,11+,12+/m1/s1. The second-order valence-electron chi connectivity index (χ2n) is 7.11. The molecule has 7 nitrogen and oxygen atoms in total. The van der Waals surface area contributed by atoms with E-state index >= 15 is 0 Å². The van der Waals surface area contributed by atoms with Crippen molar-refractivity contribution in [1.29, 1.82) is 0 Å². The maximum absolute atomic E-state index is 12.8. The average molecular weight is 391 g/mol. The van der Waals surface area contributed by atoms with E-state index in [4.69, 9.17) is 0 Å². The highest BCUT2D eigenvalue weighted by molar-refractivity contribution is 9.10. The van der Waals surface area contributed by atoms with Gasteiger partial charge in [0.2, 0.25) is 0 Å². The van der Waals surface area contributed by atoms with Gasteiger partial charge in [-0.25, -0.2) is 0 Å². The summed E-state index contributed by atoms with van der Waals surface area (Å²) >= 11 is 3.26. The van der Waals surface area contributed by atoms with Crippen molar-refractivity contribution in [3.8, 4) is 0 Å². The largest absolute Gasteiger partial charge is 0.291 e. The number of rotatable bonds is 2. The summed E-state index contributed by atoms with van der Waals surface area (Å²) in [6, 6.07) is 0. The van der Waals surface area contributed by atoms with Crippen LogP contribution in [0.15, 0.2) is 22.8 Å². The van der Waals surface area contributed by atoms with Crippen molar-refractivity contribution in [1.82, 2.24) is 20.2 Å². The fourth-order valence-corrected chi connectivity index (χ4v) is 5.39. The molecule has 1 aromatic rings. The van der Waals surface area contributed by atoms with Crippen molar-refractivity contribution in [3.63, 3.8) is 0 Å². The lowest BCUT2D eigenvalue weighted by molar-refractivity contribution is -0.143. The van der Waals surface area contributed by atoms with Crippen LogP contribution in [0.25, 0.3) is 0 Å². The van der Waals surface area contributed by atoms with Crippen molar-refractivity contribution >= 4 is 33.7 Å². The Morgan fingerprint density at radius 2 is 1.79 bits per heavy atom. The van der Waals surface area contributed by atoms with Gasteiger partial charge in [0, 0.05) is 13.2 Å². The number of aromatic nitrogens is 2. The number of hydrogen-bond acceptors (Lipinski definition) is 4. The van der Waals surface area contributed by atoms with Gasteiger partial charge in [-0.05, 0) is 46.0 Å². The Morgan fingerprint density at radius 3 is 2.29 bits per heavy atom. The molecule has 3 fully saturated rings. The Balaban J connectivity index is 1.42. The monoisotopic (exact) mass is 390 g/mol. The van der Waals surface area contributed by atoms with Gasteiger partial charge < -0.3 is 0 Å². The maximum Gasteiger partial charge on any atom is 0.291 e. The molecule has 8 heteroatoms. The average Bonchev–Trinajstić information content (AvgIpc) is 3.26. The molecule has 2 heterocycles. The van der Waals surface area contributed by atoms with Crippen LogP contribution >= 0.6 is 15.9 Å². The van der Waals surface area contributed by atoms with E-state index in [9.17, 15) is 14.4 Å². The summed E-state index contributed by atoms with van der Waals surface area (Å²) in [6.45, 7) is 0. The zero-order valence-corrected chi connectivity index (χ0v) is 14.4. The van der Waals surface area contributed by atoms with Crippen LogP contribution in [0.1, 0.15) is 16.9 Å². The smallest absolute Gasteiger partial charge is 0.274 e. The zero-order chi connectivity index (χ0) is 16.7. The topological polar surface area (TPSA) is 84.3 Å². The minimum absolute atomic E-state index is 0.143. The Bertz CT molecular complexity index is 795. The summed E-state index contributed by atoms with van der Waals surface area (Å²) in [5, 5.41) is 4.98. The molecule has 24 heavy (non-hydrogen) atoms. The number of amides is 3. The maximum atomic E-state index is 12.8. The first kappa shape index (κ1) is 14.4. The number of hydrazine groups is 1.